The van der Waals surface area contributed by atoms with Gasteiger partial charge >= 0.3 is 0 Å². The van der Waals surface area contributed by atoms with Crippen molar-refractivity contribution in [3.05, 3.63) is 69.3 Å². The maximum Gasteiger partial charge on any atom is 0.174 e. The van der Waals surface area contributed by atoms with Crippen molar-refractivity contribution in [3.8, 4) is 28.7 Å². The lowest BCUT2D eigenvalue weighted by atomic mass is 9.88. The first-order valence-corrected chi connectivity index (χ1v) is 12.6. The van der Waals surface area contributed by atoms with E-state index in [4.69, 9.17) is 14.2 Å². The maximum absolute atomic E-state index is 13.5. The van der Waals surface area contributed by atoms with Crippen LogP contribution in [0.15, 0.2) is 41.5 Å². The van der Waals surface area contributed by atoms with Crippen molar-refractivity contribution in [3.63, 3.8) is 0 Å². The maximum atomic E-state index is 13.5. The Kier molecular flexibility index (Phi) is 7.13. The molecule has 0 unspecified atom stereocenters. The summed E-state index contributed by atoms with van der Waals surface area (Å²) in [5, 5.41) is 21.9. The zero-order valence-corrected chi connectivity index (χ0v) is 22.7. The van der Waals surface area contributed by atoms with Gasteiger partial charge < -0.3 is 24.4 Å². The van der Waals surface area contributed by atoms with Crippen molar-refractivity contribution in [2.45, 2.75) is 72.5 Å². The summed E-state index contributed by atoms with van der Waals surface area (Å²) in [6.07, 6.45) is 8.21. The Morgan fingerprint density at radius 1 is 1.05 bits per heavy atom. The molecule has 0 amide bonds. The van der Waals surface area contributed by atoms with Gasteiger partial charge in [-0.2, -0.15) is 0 Å². The lowest BCUT2D eigenvalue weighted by Crippen LogP contribution is -2.29. The van der Waals surface area contributed by atoms with Gasteiger partial charge in [-0.15, -0.1) is 0 Å². The average Bonchev–Trinajstić information content (AvgIpc) is 2.81. The number of allylic oxidation sites excluding steroid dienone is 4. The number of methoxy groups -OCH3 is 1. The number of phenols is 2. The summed E-state index contributed by atoms with van der Waals surface area (Å²) in [4.78, 5) is 13.5. The Bertz CT molecular complexity index is 1330. The first-order chi connectivity index (χ1) is 17.4. The van der Waals surface area contributed by atoms with Gasteiger partial charge in [-0.1, -0.05) is 23.3 Å². The fourth-order valence-corrected chi connectivity index (χ4v) is 4.64. The molecule has 0 bridgehead atoms. The Labute approximate surface area is 218 Å². The normalized spacial score (nSPS) is 17.2. The molecule has 2 aliphatic heterocycles. The minimum absolute atomic E-state index is 0.0491. The summed E-state index contributed by atoms with van der Waals surface area (Å²) in [7, 11) is 1.50. The summed E-state index contributed by atoms with van der Waals surface area (Å²) < 4.78 is 18.3. The zero-order valence-electron chi connectivity index (χ0n) is 22.7. The minimum atomic E-state index is -0.616. The number of hydrogen-bond acceptors (Lipinski definition) is 6. The second kappa shape index (κ2) is 10.0. The van der Waals surface area contributed by atoms with E-state index in [9.17, 15) is 15.0 Å². The summed E-state index contributed by atoms with van der Waals surface area (Å²) >= 11 is 0. The van der Waals surface area contributed by atoms with E-state index in [0.717, 1.165) is 22.3 Å². The van der Waals surface area contributed by atoms with Crippen LogP contribution in [-0.4, -0.2) is 28.7 Å². The molecule has 6 heteroatoms. The zero-order chi connectivity index (χ0) is 27.1. The highest BCUT2D eigenvalue weighted by molar-refractivity contribution is 6.05. The number of aromatic hydroxyl groups is 2. The molecule has 0 spiro atoms. The van der Waals surface area contributed by atoms with Crippen molar-refractivity contribution in [2.75, 3.05) is 7.11 Å². The molecular formula is C31H36O6. The van der Waals surface area contributed by atoms with Crippen molar-refractivity contribution >= 4 is 11.9 Å². The molecule has 0 saturated heterocycles. The second-order valence-electron chi connectivity index (χ2n) is 10.7. The van der Waals surface area contributed by atoms with Gasteiger partial charge in [0.1, 0.15) is 34.5 Å². The van der Waals surface area contributed by atoms with Crippen LogP contribution in [0.3, 0.4) is 0 Å². The van der Waals surface area contributed by atoms with Crippen LogP contribution >= 0.6 is 0 Å². The van der Waals surface area contributed by atoms with E-state index < -0.39 is 11.7 Å². The topological polar surface area (TPSA) is 85.2 Å². The SMILES string of the molecule is COc1cc([C@H]2CC(=O)c3c(O)c4c(c(CC=C(C)C)c3O2)OC(C)(C)C=C4)cc(CC=C(C)C)c1O. The Morgan fingerprint density at radius 3 is 2.38 bits per heavy atom. The molecule has 1 atom stereocenters. The third-order valence-corrected chi connectivity index (χ3v) is 6.65. The third kappa shape index (κ3) is 5.24. The first kappa shape index (κ1) is 26.4. The summed E-state index contributed by atoms with van der Waals surface area (Å²) in [5.74, 6) is 0.950. The summed E-state index contributed by atoms with van der Waals surface area (Å²) in [6.45, 7) is 11.9. The largest absolute Gasteiger partial charge is 0.506 e. The molecule has 0 radical (unpaired) electrons. The standard InChI is InChI=1S/C31H36O6/c1-17(2)8-10-19-14-20(15-25(35-7)27(19)33)24-16-23(32)26-28(34)21-12-13-31(5,6)37-29(21)22(30(26)36-24)11-9-18(3)4/h8-9,12-15,24,33-34H,10-11,16H2,1-7H3/t24-/m1/s1. The predicted octanol–water partition coefficient (Wildman–Crippen LogP) is 7.01. The number of hydrogen-bond donors (Lipinski definition) is 2. The van der Waals surface area contributed by atoms with Gasteiger partial charge in [0.15, 0.2) is 17.3 Å². The van der Waals surface area contributed by atoms with Crippen molar-refractivity contribution < 1.29 is 29.2 Å². The molecule has 0 aromatic heterocycles. The molecule has 2 heterocycles. The number of benzene rings is 2. The van der Waals surface area contributed by atoms with Crippen LogP contribution in [0.1, 0.15) is 86.7 Å². The number of ketones is 1. The number of fused-ring (bicyclic) bond motifs is 2. The van der Waals surface area contributed by atoms with Gasteiger partial charge in [-0.3, -0.25) is 4.79 Å². The quantitative estimate of drug-likeness (QED) is 0.412. The van der Waals surface area contributed by atoms with Crippen LogP contribution in [0.25, 0.3) is 6.08 Å². The van der Waals surface area contributed by atoms with Gasteiger partial charge in [0.2, 0.25) is 0 Å². The molecule has 2 N–H and O–H groups in total. The fourth-order valence-electron chi connectivity index (χ4n) is 4.64. The van der Waals surface area contributed by atoms with Crippen LogP contribution in [0.4, 0.5) is 0 Å². The van der Waals surface area contributed by atoms with Gasteiger partial charge in [-0.05, 0) is 84.2 Å². The molecule has 6 nitrogen and oxygen atoms in total. The van der Waals surface area contributed by atoms with Crippen molar-refractivity contribution in [1.82, 2.24) is 0 Å². The first-order valence-electron chi connectivity index (χ1n) is 12.6. The second-order valence-corrected chi connectivity index (χ2v) is 10.7. The third-order valence-electron chi connectivity index (χ3n) is 6.65. The Hall–Kier alpha value is -3.67. The van der Waals surface area contributed by atoms with Crippen LogP contribution in [0.2, 0.25) is 0 Å². The molecule has 2 aromatic carbocycles. The van der Waals surface area contributed by atoms with E-state index in [2.05, 4.69) is 6.08 Å². The summed E-state index contributed by atoms with van der Waals surface area (Å²) in [6, 6.07) is 3.57. The molecule has 4 rings (SSSR count). The van der Waals surface area contributed by atoms with E-state index in [1.807, 2.05) is 65.8 Å². The smallest absolute Gasteiger partial charge is 0.174 e. The Morgan fingerprint density at radius 2 is 1.73 bits per heavy atom. The monoisotopic (exact) mass is 504 g/mol. The molecular weight excluding hydrogens is 468 g/mol. The van der Waals surface area contributed by atoms with Crippen LogP contribution in [0, 0.1) is 0 Å². The average molecular weight is 505 g/mol. The predicted molar refractivity (Wildman–Crippen MR) is 145 cm³/mol. The molecule has 0 saturated carbocycles. The number of rotatable bonds is 6. The van der Waals surface area contributed by atoms with Crippen molar-refractivity contribution in [1.29, 1.82) is 0 Å². The van der Waals surface area contributed by atoms with Crippen LogP contribution in [0.5, 0.6) is 28.7 Å². The van der Waals surface area contributed by atoms with E-state index >= 15 is 0 Å². The number of Topliss-reactive ketones (excluding diaryl/α,β-unsaturated/α-hetero) is 1. The molecule has 196 valence electrons. The molecule has 37 heavy (non-hydrogen) atoms. The van der Waals surface area contributed by atoms with Gasteiger partial charge in [0.25, 0.3) is 0 Å². The Balaban J connectivity index is 1.87. The van der Waals surface area contributed by atoms with Gasteiger partial charge in [0.05, 0.1) is 19.1 Å². The highest BCUT2D eigenvalue weighted by Crippen LogP contribution is 2.51. The number of carbonyl (C=O) groups is 1. The minimum Gasteiger partial charge on any atom is -0.506 e. The van der Waals surface area contributed by atoms with E-state index in [1.165, 1.54) is 7.11 Å². The fraction of sp³-hybridized carbons (Fsp3) is 0.387. The molecule has 0 fully saturated rings. The number of ether oxygens (including phenoxy) is 3. The summed E-state index contributed by atoms with van der Waals surface area (Å²) in [5.41, 5.74) is 4.50. The number of phenolic OH excluding ortho intramolecular Hbond substituents is 2. The molecule has 0 aliphatic carbocycles. The lowest BCUT2D eigenvalue weighted by molar-refractivity contribution is 0.0839. The van der Waals surface area contributed by atoms with Crippen molar-refractivity contribution in [2.24, 2.45) is 0 Å². The molecule has 2 aliphatic rings. The molecule has 2 aromatic rings. The van der Waals surface area contributed by atoms with Crippen LogP contribution in [-0.2, 0) is 12.8 Å². The van der Waals surface area contributed by atoms with E-state index in [0.29, 0.717) is 41.2 Å². The van der Waals surface area contributed by atoms with Gasteiger partial charge in [-0.25, -0.2) is 0 Å². The van der Waals surface area contributed by atoms with E-state index in [-0.39, 0.29) is 29.3 Å². The number of carbonyl (C=O) groups excluding carboxylic acids is 1. The highest BCUT2D eigenvalue weighted by Gasteiger charge is 2.38. The van der Waals surface area contributed by atoms with Gasteiger partial charge in [0, 0.05) is 11.1 Å². The van der Waals surface area contributed by atoms with Crippen LogP contribution < -0.4 is 14.2 Å². The highest BCUT2D eigenvalue weighted by atomic mass is 16.5. The lowest BCUT2D eigenvalue weighted by Gasteiger charge is -2.34. The van der Waals surface area contributed by atoms with E-state index in [1.54, 1.807) is 6.07 Å².